The maximum atomic E-state index is 5.84. The number of allylic oxidation sites excluding steroid dienone is 1. The number of hydrogen-bond acceptors (Lipinski definition) is 2. The second kappa shape index (κ2) is 7.22. The minimum Gasteiger partial charge on any atom is -0.525 e. The van der Waals surface area contributed by atoms with Crippen LogP contribution in [0.2, 0.25) is 5.54 Å². The Kier molecular flexibility index (Phi) is 5.59. The lowest BCUT2D eigenvalue weighted by molar-refractivity contribution is 0.265. The average Bonchev–Trinajstić information content (AvgIpc) is 2.53. The van der Waals surface area contributed by atoms with Crippen LogP contribution in [0, 0.1) is 5.92 Å². The molecule has 0 atom stereocenters. The summed E-state index contributed by atoms with van der Waals surface area (Å²) in [5.74, 6) is 0.749. The van der Waals surface area contributed by atoms with Crippen LogP contribution in [-0.4, -0.2) is 16.4 Å². The van der Waals surface area contributed by atoms with Gasteiger partial charge >= 0.3 is 9.28 Å². The highest BCUT2D eigenvalue weighted by Gasteiger charge is 2.33. The molecule has 0 aromatic rings. The van der Waals surface area contributed by atoms with Crippen LogP contribution >= 0.6 is 0 Å². The molecule has 2 saturated carbocycles. The van der Waals surface area contributed by atoms with E-state index in [1.165, 1.54) is 57.8 Å². The molecule has 2 rings (SSSR count). The van der Waals surface area contributed by atoms with Gasteiger partial charge < -0.3 is 8.85 Å². The van der Waals surface area contributed by atoms with Gasteiger partial charge in [-0.15, -0.1) is 0 Å². The summed E-state index contributed by atoms with van der Waals surface area (Å²) in [6, 6.07) is 0. The molecule has 1 radical (unpaired) electrons. The smallest absolute Gasteiger partial charge is 0.460 e. The molecule has 2 aliphatic carbocycles. The quantitative estimate of drug-likeness (QED) is 0.416. The SMILES string of the molecule is CO[Si](OC=CC1CCCCCC1)C1CCC1. The zero-order valence-corrected chi connectivity index (χ0v) is 12.0. The summed E-state index contributed by atoms with van der Waals surface area (Å²) < 4.78 is 11.3. The van der Waals surface area contributed by atoms with Crippen molar-refractivity contribution in [3.8, 4) is 0 Å². The summed E-state index contributed by atoms with van der Waals surface area (Å²) in [5.41, 5.74) is 0.726. The van der Waals surface area contributed by atoms with Crippen molar-refractivity contribution >= 4 is 9.28 Å². The first kappa shape index (κ1) is 13.2. The molecule has 0 amide bonds. The van der Waals surface area contributed by atoms with Crippen molar-refractivity contribution in [1.29, 1.82) is 0 Å². The van der Waals surface area contributed by atoms with E-state index in [1.807, 2.05) is 6.26 Å². The third-order valence-electron chi connectivity index (χ3n) is 4.07. The lowest BCUT2D eigenvalue weighted by Crippen LogP contribution is -2.30. The van der Waals surface area contributed by atoms with E-state index in [1.54, 1.807) is 7.11 Å². The lowest BCUT2D eigenvalue weighted by atomic mass is 10.00. The highest BCUT2D eigenvalue weighted by atomic mass is 28.3. The molecule has 3 heteroatoms. The summed E-state index contributed by atoms with van der Waals surface area (Å²) >= 11 is 0. The van der Waals surface area contributed by atoms with Crippen molar-refractivity contribution < 1.29 is 8.85 Å². The summed E-state index contributed by atoms with van der Waals surface area (Å²) in [5, 5.41) is 0. The molecule has 2 nitrogen and oxygen atoms in total. The minimum atomic E-state index is -1.02. The predicted molar refractivity (Wildman–Crippen MR) is 71.8 cm³/mol. The first-order valence-electron chi connectivity index (χ1n) is 7.14. The van der Waals surface area contributed by atoms with Crippen LogP contribution in [-0.2, 0) is 8.85 Å². The predicted octanol–water partition coefficient (Wildman–Crippen LogP) is 4.18. The van der Waals surface area contributed by atoms with Gasteiger partial charge in [-0.3, -0.25) is 0 Å². The number of rotatable bonds is 5. The van der Waals surface area contributed by atoms with E-state index >= 15 is 0 Å². The van der Waals surface area contributed by atoms with Gasteiger partial charge in [-0.1, -0.05) is 32.1 Å². The fraction of sp³-hybridized carbons (Fsp3) is 0.857. The van der Waals surface area contributed by atoms with Gasteiger partial charge in [-0.25, -0.2) is 0 Å². The number of hydrogen-bond donors (Lipinski definition) is 0. The largest absolute Gasteiger partial charge is 0.525 e. The van der Waals surface area contributed by atoms with Gasteiger partial charge in [0.25, 0.3) is 0 Å². The maximum Gasteiger partial charge on any atom is 0.460 e. The van der Waals surface area contributed by atoms with Crippen molar-refractivity contribution in [3.05, 3.63) is 12.3 Å². The Morgan fingerprint density at radius 2 is 1.65 bits per heavy atom. The topological polar surface area (TPSA) is 18.5 Å². The van der Waals surface area contributed by atoms with Gasteiger partial charge in [0.1, 0.15) is 0 Å². The Bertz CT molecular complexity index is 230. The standard InChI is InChI=1S/C14H25O2Si/c1-15-17(14-9-6-10-14)16-12-11-13-7-4-2-3-5-8-13/h11-14H,2-10H2,1H3. The Labute approximate surface area is 107 Å². The molecule has 0 aliphatic heterocycles. The molecule has 0 N–H and O–H groups in total. The molecule has 0 unspecified atom stereocenters. The van der Waals surface area contributed by atoms with Crippen LogP contribution in [0.15, 0.2) is 12.3 Å². The van der Waals surface area contributed by atoms with E-state index in [0.717, 1.165) is 11.5 Å². The van der Waals surface area contributed by atoms with Gasteiger partial charge in [0, 0.05) is 12.7 Å². The van der Waals surface area contributed by atoms with Crippen LogP contribution in [0.3, 0.4) is 0 Å². The van der Waals surface area contributed by atoms with Crippen LogP contribution < -0.4 is 0 Å². The third-order valence-corrected chi connectivity index (χ3v) is 6.09. The van der Waals surface area contributed by atoms with E-state index in [0.29, 0.717) is 0 Å². The summed E-state index contributed by atoms with van der Waals surface area (Å²) in [4.78, 5) is 0. The van der Waals surface area contributed by atoms with Gasteiger partial charge in [0.2, 0.25) is 0 Å². The fourth-order valence-electron chi connectivity index (χ4n) is 2.68. The van der Waals surface area contributed by atoms with Gasteiger partial charge in [0.15, 0.2) is 0 Å². The van der Waals surface area contributed by atoms with E-state index < -0.39 is 9.28 Å². The van der Waals surface area contributed by atoms with Crippen molar-refractivity contribution in [2.75, 3.05) is 7.11 Å². The van der Waals surface area contributed by atoms with Crippen molar-refractivity contribution in [2.24, 2.45) is 5.92 Å². The third kappa shape index (κ3) is 4.14. The molecule has 17 heavy (non-hydrogen) atoms. The molecular formula is C14H25O2Si. The highest BCUT2D eigenvalue weighted by Crippen LogP contribution is 2.35. The Morgan fingerprint density at radius 3 is 2.18 bits per heavy atom. The Balaban J connectivity index is 1.70. The van der Waals surface area contributed by atoms with Crippen molar-refractivity contribution in [2.45, 2.75) is 63.3 Å². The molecule has 0 aromatic carbocycles. The zero-order valence-electron chi connectivity index (χ0n) is 11.0. The maximum absolute atomic E-state index is 5.84. The van der Waals surface area contributed by atoms with Crippen LogP contribution in [0.5, 0.6) is 0 Å². The first-order valence-corrected chi connectivity index (χ1v) is 8.53. The van der Waals surface area contributed by atoms with Gasteiger partial charge in [-0.2, -0.15) is 0 Å². The minimum absolute atomic E-state index is 0.726. The lowest BCUT2D eigenvalue weighted by Gasteiger charge is -2.28. The van der Waals surface area contributed by atoms with Gasteiger partial charge in [0.05, 0.1) is 6.26 Å². The van der Waals surface area contributed by atoms with E-state index in [-0.39, 0.29) is 0 Å². The summed E-state index contributed by atoms with van der Waals surface area (Å²) in [7, 11) is 0.776. The Hall–Kier alpha value is -0.283. The molecule has 0 aromatic heterocycles. The molecule has 0 heterocycles. The fourth-order valence-corrected chi connectivity index (χ4v) is 4.39. The molecular weight excluding hydrogens is 228 g/mol. The zero-order chi connectivity index (χ0) is 11.9. The van der Waals surface area contributed by atoms with E-state index in [2.05, 4.69) is 6.08 Å². The average molecular weight is 253 g/mol. The van der Waals surface area contributed by atoms with Gasteiger partial charge in [-0.05, 0) is 37.7 Å². The van der Waals surface area contributed by atoms with E-state index in [9.17, 15) is 0 Å². The molecule has 0 saturated heterocycles. The Morgan fingerprint density at radius 1 is 0.941 bits per heavy atom. The second-order valence-corrected chi connectivity index (χ2v) is 7.45. The van der Waals surface area contributed by atoms with Crippen LogP contribution in [0.1, 0.15) is 57.8 Å². The molecule has 97 valence electrons. The molecule has 0 spiro atoms. The van der Waals surface area contributed by atoms with Crippen LogP contribution in [0.25, 0.3) is 0 Å². The molecule has 2 aliphatic rings. The van der Waals surface area contributed by atoms with Crippen molar-refractivity contribution in [1.82, 2.24) is 0 Å². The first-order chi connectivity index (χ1) is 8.40. The summed E-state index contributed by atoms with van der Waals surface area (Å²) in [6.45, 7) is 0. The molecule has 2 fully saturated rings. The van der Waals surface area contributed by atoms with Crippen LogP contribution in [0.4, 0.5) is 0 Å². The normalized spacial score (nSPS) is 23.9. The second-order valence-electron chi connectivity index (χ2n) is 5.35. The highest BCUT2D eigenvalue weighted by molar-refractivity contribution is 6.46. The molecule has 0 bridgehead atoms. The summed E-state index contributed by atoms with van der Waals surface area (Å²) in [6.07, 6.45) is 16.5. The van der Waals surface area contributed by atoms with E-state index in [4.69, 9.17) is 8.85 Å². The van der Waals surface area contributed by atoms with Crippen molar-refractivity contribution in [3.63, 3.8) is 0 Å². The monoisotopic (exact) mass is 253 g/mol.